The van der Waals surface area contributed by atoms with Crippen molar-refractivity contribution in [3.8, 4) is 0 Å². The molecule has 1 aromatic heterocycles. The van der Waals surface area contributed by atoms with Gasteiger partial charge in [0.25, 0.3) is 17.5 Å². The van der Waals surface area contributed by atoms with Gasteiger partial charge in [-0.25, -0.2) is 18.3 Å². The first-order chi connectivity index (χ1) is 25.6. The molecule has 2 aliphatic carbocycles. The standard InChI is InChI=1S/C38H44N8O7S/c1-36(2,3)54(52,53)44-17-8-25-24-39-35(40-32(25)44)45(33(47)28-6-4-26(41-49)22-30(28)42-18-13-37(9-10-37)14-19-42)34(48)29-7-5-27(46(50)51)23-31(29)43-20-15-38(11-12-38)16-21-43/h4-7,22-24H,8-21H2,1-3H3. The second kappa shape index (κ2) is 12.8. The highest BCUT2D eigenvalue weighted by molar-refractivity contribution is 7.94. The van der Waals surface area contributed by atoms with Crippen molar-refractivity contribution < 1.29 is 22.9 Å². The molecule has 0 unspecified atom stereocenters. The quantitative estimate of drug-likeness (QED) is 0.106. The number of fused-ring (bicyclic) bond motifs is 1. The van der Waals surface area contributed by atoms with Crippen LogP contribution in [0.25, 0.3) is 0 Å². The molecule has 2 aromatic carbocycles. The monoisotopic (exact) mass is 756 g/mol. The fourth-order valence-corrected chi connectivity index (χ4v) is 9.57. The number of nitro benzene ring substituents is 1. The summed E-state index contributed by atoms with van der Waals surface area (Å²) in [5, 5.41) is 15.1. The van der Waals surface area contributed by atoms with Gasteiger partial charge in [-0.15, -0.1) is 4.91 Å². The largest absolute Gasteiger partial charge is 0.371 e. The lowest BCUT2D eigenvalue weighted by atomic mass is 9.92. The van der Waals surface area contributed by atoms with Crippen molar-refractivity contribution in [1.82, 2.24) is 9.97 Å². The van der Waals surface area contributed by atoms with E-state index in [-0.39, 0.29) is 46.2 Å². The molecule has 15 nitrogen and oxygen atoms in total. The molecule has 54 heavy (non-hydrogen) atoms. The van der Waals surface area contributed by atoms with Crippen LogP contribution in [-0.4, -0.2) is 72.6 Å². The van der Waals surface area contributed by atoms with Gasteiger partial charge in [0, 0.05) is 56.6 Å². The van der Waals surface area contributed by atoms with Crippen molar-refractivity contribution in [2.24, 2.45) is 16.0 Å². The minimum Gasteiger partial charge on any atom is -0.371 e. The van der Waals surface area contributed by atoms with Crippen LogP contribution in [0.3, 0.4) is 0 Å². The molecular weight excluding hydrogens is 713 g/mol. The Kier molecular flexibility index (Phi) is 8.54. The molecule has 3 aromatic rings. The Balaban J connectivity index is 1.25. The molecular formula is C38H44N8O7S. The van der Waals surface area contributed by atoms with E-state index in [1.165, 1.54) is 40.8 Å². The summed E-state index contributed by atoms with van der Waals surface area (Å²) in [5.74, 6) is -1.86. The van der Waals surface area contributed by atoms with E-state index in [1.807, 2.05) is 9.80 Å². The van der Waals surface area contributed by atoms with E-state index in [0.717, 1.165) is 56.3 Å². The van der Waals surface area contributed by atoms with Gasteiger partial charge in [-0.2, -0.15) is 4.98 Å². The molecule has 0 atom stereocenters. The number of amides is 2. The summed E-state index contributed by atoms with van der Waals surface area (Å²) >= 11 is 0. The van der Waals surface area contributed by atoms with E-state index >= 15 is 9.59 Å². The average molecular weight is 757 g/mol. The molecule has 4 fully saturated rings. The number of hydrogen-bond donors (Lipinski definition) is 0. The molecule has 2 amide bonds. The molecule has 2 saturated carbocycles. The predicted octanol–water partition coefficient (Wildman–Crippen LogP) is 6.52. The van der Waals surface area contributed by atoms with Crippen LogP contribution < -0.4 is 19.0 Å². The smallest absolute Gasteiger partial charge is 0.271 e. The van der Waals surface area contributed by atoms with E-state index < -0.39 is 31.5 Å². The molecule has 284 valence electrons. The van der Waals surface area contributed by atoms with Gasteiger partial charge in [-0.3, -0.25) is 24.0 Å². The number of nitro groups is 1. The Bertz CT molecular complexity index is 2180. The zero-order valence-corrected chi connectivity index (χ0v) is 31.6. The van der Waals surface area contributed by atoms with E-state index in [0.29, 0.717) is 55.0 Å². The molecule has 8 rings (SSSR count). The summed E-state index contributed by atoms with van der Waals surface area (Å²) in [7, 11) is -3.91. The Morgan fingerprint density at radius 3 is 1.87 bits per heavy atom. The third-order valence-electron chi connectivity index (χ3n) is 12.3. The van der Waals surface area contributed by atoms with E-state index in [9.17, 15) is 23.4 Å². The molecule has 5 aliphatic rings. The number of rotatable bonds is 8. The lowest BCUT2D eigenvalue weighted by Gasteiger charge is -2.36. The van der Waals surface area contributed by atoms with Gasteiger partial charge < -0.3 is 9.80 Å². The minimum absolute atomic E-state index is 0.0466. The van der Waals surface area contributed by atoms with Crippen LogP contribution in [0.2, 0.25) is 0 Å². The zero-order chi connectivity index (χ0) is 38.2. The molecule has 4 heterocycles. The summed E-state index contributed by atoms with van der Waals surface area (Å²) < 4.78 is 27.5. The highest BCUT2D eigenvalue weighted by Gasteiger charge is 2.47. The third kappa shape index (κ3) is 6.27. The first-order valence-corrected chi connectivity index (χ1v) is 20.1. The Labute approximate surface area is 313 Å². The molecule has 0 bridgehead atoms. The van der Waals surface area contributed by atoms with Gasteiger partial charge in [0.05, 0.1) is 32.2 Å². The number of carbonyl (C=O) groups is 2. The first-order valence-electron chi connectivity index (χ1n) is 18.7. The number of non-ortho nitro benzene ring substituents is 1. The predicted molar refractivity (Wildman–Crippen MR) is 204 cm³/mol. The molecule has 3 aliphatic heterocycles. The molecule has 16 heteroatoms. The highest BCUT2D eigenvalue weighted by atomic mass is 32.2. The fourth-order valence-electron chi connectivity index (χ4n) is 8.19. The minimum atomic E-state index is -3.91. The van der Waals surface area contributed by atoms with E-state index in [2.05, 4.69) is 15.1 Å². The summed E-state index contributed by atoms with van der Waals surface area (Å²) in [4.78, 5) is 67.4. The van der Waals surface area contributed by atoms with Crippen molar-refractivity contribution in [3.05, 3.63) is 74.3 Å². The second-order valence-electron chi connectivity index (χ2n) is 16.6. The number of hydrogen-bond acceptors (Lipinski definition) is 12. The van der Waals surface area contributed by atoms with Gasteiger partial charge in [-0.1, -0.05) is 0 Å². The highest BCUT2D eigenvalue weighted by Crippen LogP contribution is 2.55. The van der Waals surface area contributed by atoms with Crippen LogP contribution in [0.4, 0.5) is 34.5 Å². The maximum absolute atomic E-state index is 15.1. The van der Waals surface area contributed by atoms with Crippen LogP contribution in [0.5, 0.6) is 0 Å². The van der Waals surface area contributed by atoms with Crippen molar-refractivity contribution in [2.45, 2.75) is 83.3 Å². The van der Waals surface area contributed by atoms with E-state index in [1.54, 1.807) is 26.8 Å². The van der Waals surface area contributed by atoms with Gasteiger partial charge >= 0.3 is 0 Å². The number of carbonyl (C=O) groups excluding carboxylic acids is 2. The number of nitroso groups, excluding NO2 is 1. The fraction of sp³-hybridized carbons (Fsp3) is 0.526. The number of anilines is 4. The van der Waals surface area contributed by atoms with Gasteiger partial charge in [-0.05, 0) is 119 Å². The van der Waals surface area contributed by atoms with Crippen molar-refractivity contribution in [2.75, 3.05) is 51.7 Å². The number of piperidine rings is 2. The molecule has 0 radical (unpaired) electrons. The van der Waals surface area contributed by atoms with Crippen molar-refractivity contribution in [3.63, 3.8) is 0 Å². The second-order valence-corrected chi connectivity index (χ2v) is 19.2. The van der Waals surface area contributed by atoms with Crippen LogP contribution >= 0.6 is 0 Å². The number of sulfonamides is 1. The Morgan fingerprint density at radius 1 is 0.833 bits per heavy atom. The normalized spacial score (nSPS) is 19.8. The van der Waals surface area contributed by atoms with Crippen molar-refractivity contribution >= 4 is 56.4 Å². The third-order valence-corrected chi connectivity index (χ3v) is 14.8. The van der Waals surface area contributed by atoms with Crippen LogP contribution in [-0.2, 0) is 16.4 Å². The topological polar surface area (TPSA) is 180 Å². The van der Waals surface area contributed by atoms with Crippen LogP contribution in [0.1, 0.15) is 98.4 Å². The molecule has 2 spiro atoms. The summed E-state index contributed by atoms with van der Waals surface area (Å²) in [6.07, 6.45) is 10.0. The van der Waals surface area contributed by atoms with Crippen LogP contribution in [0.15, 0.2) is 47.8 Å². The number of benzene rings is 2. The average Bonchev–Trinajstić information content (AvgIpc) is 4.06. The maximum Gasteiger partial charge on any atom is 0.271 e. The molecule has 2 saturated heterocycles. The van der Waals surface area contributed by atoms with Crippen LogP contribution in [0, 0.1) is 25.9 Å². The lowest BCUT2D eigenvalue weighted by Crippen LogP contribution is -2.43. The lowest BCUT2D eigenvalue weighted by molar-refractivity contribution is -0.384. The van der Waals surface area contributed by atoms with Gasteiger partial charge in [0.1, 0.15) is 5.69 Å². The Hall–Kier alpha value is -4.99. The molecule has 0 N–H and O–H groups in total. The number of nitrogens with zero attached hydrogens (tertiary/aromatic N) is 8. The summed E-state index contributed by atoms with van der Waals surface area (Å²) in [5.41, 5.74) is 2.01. The number of aromatic nitrogens is 2. The van der Waals surface area contributed by atoms with Crippen molar-refractivity contribution in [1.29, 1.82) is 0 Å². The zero-order valence-electron chi connectivity index (χ0n) is 30.8. The SMILES string of the molecule is CC(C)(C)S(=O)(=O)N1CCc2cnc(N(C(=O)c3ccc(N=O)cc3N3CCC4(CC3)CC4)C(=O)c3ccc([N+](=O)[O-])cc3N3CCC4(CC3)CC4)nc21. The summed E-state index contributed by atoms with van der Waals surface area (Å²) in [6, 6.07) is 8.41. The van der Waals surface area contributed by atoms with E-state index in [4.69, 9.17) is 0 Å². The maximum atomic E-state index is 15.1. The first kappa shape index (κ1) is 36.0. The Morgan fingerprint density at radius 2 is 1.37 bits per heavy atom. The van der Waals surface area contributed by atoms with Gasteiger partial charge in [0.2, 0.25) is 16.0 Å². The summed E-state index contributed by atoms with van der Waals surface area (Å²) in [6.45, 7) is 7.37. The van der Waals surface area contributed by atoms with Gasteiger partial charge in [0.15, 0.2) is 5.82 Å². The number of imide groups is 1.